The standard InChI is InChI=1S/C15H20BrClN2O/c1-11(2)10-20-7-3-6-19-14-8-12(16)4-5-13(14)18-15(19)9-17/h4-5,8,11H,3,6-7,9-10H2,1-2H3. The highest BCUT2D eigenvalue weighted by atomic mass is 79.9. The van der Waals surface area contributed by atoms with Crippen LogP contribution < -0.4 is 0 Å². The molecule has 2 aromatic rings. The van der Waals surface area contributed by atoms with Crippen molar-refractivity contribution >= 4 is 38.6 Å². The summed E-state index contributed by atoms with van der Waals surface area (Å²) in [4.78, 5) is 4.57. The van der Waals surface area contributed by atoms with Gasteiger partial charge in [-0.3, -0.25) is 0 Å². The van der Waals surface area contributed by atoms with Crippen molar-refractivity contribution in [1.29, 1.82) is 0 Å². The lowest BCUT2D eigenvalue weighted by atomic mass is 10.2. The van der Waals surface area contributed by atoms with E-state index in [1.807, 2.05) is 12.1 Å². The van der Waals surface area contributed by atoms with Crippen LogP contribution >= 0.6 is 27.5 Å². The lowest BCUT2D eigenvalue weighted by Crippen LogP contribution is -2.08. The Kier molecular flexibility index (Phi) is 5.87. The predicted octanol–water partition coefficient (Wildman–Crippen LogP) is 4.60. The monoisotopic (exact) mass is 358 g/mol. The maximum Gasteiger partial charge on any atom is 0.124 e. The van der Waals surface area contributed by atoms with Crippen molar-refractivity contribution in [2.45, 2.75) is 32.7 Å². The number of nitrogens with zero attached hydrogens (tertiary/aromatic N) is 2. The van der Waals surface area contributed by atoms with Crippen LogP contribution in [0.5, 0.6) is 0 Å². The van der Waals surface area contributed by atoms with E-state index in [-0.39, 0.29) is 0 Å². The molecular formula is C15H20BrClN2O. The molecule has 0 unspecified atom stereocenters. The van der Waals surface area contributed by atoms with Crippen LogP contribution in [0.15, 0.2) is 22.7 Å². The van der Waals surface area contributed by atoms with Gasteiger partial charge in [0.2, 0.25) is 0 Å². The second-order valence-electron chi connectivity index (χ2n) is 5.27. The van der Waals surface area contributed by atoms with Crippen LogP contribution in [-0.2, 0) is 17.2 Å². The molecule has 0 spiro atoms. The maximum absolute atomic E-state index is 6.00. The van der Waals surface area contributed by atoms with Crippen LogP contribution in [0.4, 0.5) is 0 Å². The quantitative estimate of drug-likeness (QED) is 0.533. The number of imidazole rings is 1. The van der Waals surface area contributed by atoms with Crippen LogP contribution in [0, 0.1) is 5.92 Å². The molecule has 1 aromatic carbocycles. The molecule has 0 N–H and O–H groups in total. The molecule has 1 heterocycles. The van der Waals surface area contributed by atoms with Crippen molar-refractivity contribution in [3.8, 4) is 0 Å². The fourth-order valence-electron chi connectivity index (χ4n) is 2.14. The SMILES string of the molecule is CC(C)COCCCn1c(CCl)nc2ccc(Br)cc21. The Balaban J connectivity index is 2.06. The highest BCUT2D eigenvalue weighted by Gasteiger charge is 2.10. The second-order valence-corrected chi connectivity index (χ2v) is 6.45. The molecule has 20 heavy (non-hydrogen) atoms. The molecule has 5 heteroatoms. The third-order valence-corrected chi connectivity index (χ3v) is 3.76. The topological polar surface area (TPSA) is 27.1 Å². The molecule has 2 rings (SSSR count). The minimum absolute atomic E-state index is 0.430. The van der Waals surface area contributed by atoms with Crippen LogP contribution in [0.25, 0.3) is 11.0 Å². The molecule has 0 radical (unpaired) electrons. The lowest BCUT2D eigenvalue weighted by molar-refractivity contribution is 0.105. The summed E-state index contributed by atoms with van der Waals surface area (Å²) in [6.07, 6.45) is 0.967. The van der Waals surface area contributed by atoms with Gasteiger partial charge in [0.15, 0.2) is 0 Å². The Morgan fingerprint density at radius 2 is 2.20 bits per heavy atom. The van der Waals surface area contributed by atoms with E-state index in [2.05, 4.69) is 45.4 Å². The Hall–Kier alpha value is -0.580. The zero-order chi connectivity index (χ0) is 14.5. The first-order valence-electron chi connectivity index (χ1n) is 6.90. The summed E-state index contributed by atoms with van der Waals surface area (Å²) in [5.41, 5.74) is 2.12. The van der Waals surface area contributed by atoms with E-state index in [9.17, 15) is 0 Å². The average molecular weight is 360 g/mol. The van der Waals surface area contributed by atoms with Crippen LogP contribution in [0.2, 0.25) is 0 Å². The van der Waals surface area contributed by atoms with Gasteiger partial charge in [0.25, 0.3) is 0 Å². The number of halogens is 2. The van der Waals surface area contributed by atoms with Gasteiger partial charge in [-0.15, -0.1) is 11.6 Å². The Labute approximate surface area is 133 Å². The smallest absolute Gasteiger partial charge is 0.124 e. The maximum atomic E-state index is 6.00. The molecule has 110 valence electrons. The van der Waals surface area contributed by atoms with Gasteiger partial charge in [-0.2, -0.15) is 0 Å². The number of hydrogen-bond donors (Lipinski definition) is 0. The third kappa shape index (κ3) is 3.96. The van der Waals surface area contributed by atoms with E-state index >= 15 is 0 Å². The van der Waals surface area contributed by atoms with Gasteiger partial charge in [0.05, 0.1) is 16.9 Å². The summed E-state index contributed by atoms with van der Waals surface area (Å²) in [6, 6.07) is 6.11. The number of rotatable bonds is 7. The minimum Gasteiger partial charge on any atom is -0.381 e. The Morgan fingerprint density at radius 3 is 2.90 bits per heavy atom. The van der Waals surface area contributed by atoms with Crippen molar-refractivity contribution in [2.75, 3.05) is 13.2 Å². The molecule has 0 aliphatic heterocycles. The van der Waals surface area contributed by atoms with E-state index in [1.165, 1.54) is 0 Å². The van der Waals surface area contributed by atoms with Gasteiger partial charge in [0.1, 0.15) is 5.82 Å². The van der Waals surface area contributed by atoms with E-state index in [1.54, 1.807) is 0 Å². The van der Waals surface area contributed by atoms with Crippen LogP contribution in [0.3, 0.4) is 0 Å². The first-order chi connectivity index (χ1) is 9.61. The molecule has 0 fully saturated rings. The summed E-state index contributed by atoms with van der Waals surface area (Å²) in [5.74, 6) is 1.93. The van der Waals surface area contributed by atoms with Crippen molar-refractivity contribution in [2.24, 2.45) is 5.92 Å². The van der Waals surface area contributed by atoms with Gasteiger partial charge in [-0.1, -0.05) is 29.8 Å². The van der Waals surface area contributed by atoms with E-state index in [0.29, 0.717) is 11.8 Å². The lowest BCUT2D eigenvalue weighted by Gasteiger charge is -2.09. The molecular weight excluding hydrogens is 340 g/mol. The summed E-state index contributed by atoms with van der Waals surface area (Å²) in [7, 11) is 0. The van der Waals surface area contributed by atoms with Crippen molar-refractivity contribution in [1.82, 2.24) is 9.55 Å². The van der Waals surface area contributed by atoms with E-state index < -0.39 is 0 Å². The molecule has 0 atom stereocenters. The molecule has 1 aromatic heterocycles. The number of ether oxygens (including phenoxy) is 1. The fourth-order valence-corrected chi connectivity index (χ4v) is 2.69. The molecule has 0 amide bonds. The summed E-state index contributed by atoms with van der Waals surface area (Å²) in [6.45, 7) is 6.79. The van der Waals surface area contributed by atoms with Gasteiger partial charge >= 0.3 is 0 Å². The summed E-state index contributed by atoms with van der Waals surface area (Å²) >= 11 is 9.51. The summed E-state index contributed by atoms with van der Waals surface area (Å²) < 4.78 is 8.87. The number of aryl methyl sites for hydroxylation is 1. The number of hydrogen-bond acceptors (Lipinski definition) is 2. The third-order valence-electron chi connectivity index (χ3n) is 3.03. The van der Waals surface area contributed by atoms with Gasteiger partial charge in [-0.05, 0) is 30.5 Å². The number of benzene rings is 1. The number of alkyl halides is 1. The Bertz CT molecular complexity index is 568. The van der Waals surface area contributed by atoms with Gasteiger partial charge < -0.3 is 9.30 Å². The first kappa shape index (κ1) is 15.8. The average Bonchev–Trinajstić information content (AvgIpc) is 2.75. The molecule has 0 saturated carbocycles. The van der Waals surface area contributed by atoms with E-state index in [0.717, 1.165) is 47.5 Å². The highest BCUT2D eigenvalue weighted by molar-refractivity contribution is 9.10. The van der Waals surface area contributed by atoms with Crippen molar-refractivity contribution < 1.29 is 4.74 Å². The zero-order valence-corrected chi connectivity index (χ0v) is 14.2. The molecule has 0 aliphatic carbocycles. The minimum atomic E-state index is 0.430. The molecule has 0 saturated heterocycles. The number of aromatic nitrogens is 2. The second kappa shape index (κ2) is 7.43. The zero-order valence-electron chi connectivity index (χ0n) is 11.9. The predicted molar refractivity (Wildman–Crippen MR) is 87.3 cm³/mol. The van der Waals surface area contributed by atoms with Crippen molar-refractivity contribution in [3.05, 3.63) is 28.5 Å². The van der Waals surface area contributed by atoms with E-state index in [4.69, 9.17) is 16.3 Å². The highest BCUT2D eigenvalue weighted by Crippen LogP contribution is 2.22. The summed E-state index contributed by atoms with van der Waals surface area (Å²) in [5, 5.41) is 0. The Morgan fingerprint density at radius 1 is 1.40 bits per heavy atom. The van der Waals surface area contributed by atoms with Gasteiger partial charge in [-0.25, -0.2) is 4.98 Å². The van der Waals surface area contributed by atoms with Crippen LogP contribution in [0.1, 0.15) is 26.1 Å². The van der Waals surface area contributed by atoms with Crippen molar-refractivity contribution in [3.63, 3.8) is 0 Å². The van der Waals surface area contributed by atoms with Gasteiger partial charge in [0, 0.05) is 24.2 Å². The number of fused-ring (bicyclic) bond motifs is 1. The normalized spacial score (nSPS) is 11.7. The largest absolute Gasteiger partial charge is 0.381 e. The first-order valence-corrected chi connectivity index (χ1v) is 8.23. The molecule has 3 nitrogen and oxygen atoms in total. The molecule has 0 bridgehead atoms. The molecule has 0 aliphatic rings. The van der Waals surface area contributed by atoms with Crippen LogP contribution in [-0.4, -0.2) is 22.8 Å². The fraction of sp³-hybridized carbons (Fsp3) is 0.533.